The van der Waals surface area contributed by atoms with Crippen LogP contribution in [0.25, 0.3) is 0 Å². The van der Waals surface area contributed by atoms with Crippen LogP contribution in [0.15, 0.2) is 36.0 Å². The van der Waals surface area contributed by atoms with Crippen LogP contribution in [-0.2, 0) is 0 Å². The second kappa shape index (κ2) is 9.23. The standard InChI is InChI=1S/C14H19.C2H6.H2O.H/c1-12-8-10-14(11-9-12)13-6-4-2-3-5-7-13;1-2;;/h2-7,12,14H,8-11H2,1H3;1-2H3;1H2;. The van der Waals surface area contributed by atoms with Gasteiger partial charge >= 0.3 is 0 Å². The number of hydrogen-bond donors (Lipinski definition) is 0. The van der Waals surface area contributed by atoms with Crippen molar-refractivity contribution in [1.29, 1.82) is 0 Å². The lowest BCUT2D eigenvalue weighted by Gasteiger charge is -2.27. The second-order valence-corrected chi connectivity index (χ2v) is 4.56. The number of allylic oxidation sites excluding steroid dienone is 6. The fraction of sp³-hybridized carbons (Fsp3) is 0.562. The third kappa shape index (κ3) is 5.36. The summed E-state index contributed by atoms with van der Waals surface area (Å²) in [5.41, 5.74) is 1.53. The van der Waals surface area contributed by atoms with Gasteiger partial charge in [-0.15, -0.1) is 0 Å². The zero-order valence-corrected chi connectivity index (χ0v) is 11.4. The van der Waals surface area contributed by atoms with Crippen molar-refractivity contribution >= 4 is 0 Å². The molecule has 2 rings (SSSR count). The molecule has 1 heteroatoms. The Morgan fingerprint density at radius 2 is 1.53 bits per heavy atom. The molecule has 0 aromatic carbocycles. The highest BCUT2D eigenvalue weighted by Gasteiger charge is 2.20. The van der Waals surface area contributed by atoms with Crippen LogP contribution in [-0.4, -0.2) is 5.48 Å². The molecule has 0 bridgehead atoms. The van der Waals surface area contributed by atoms with Gasteiger partial charge in [-0.2, -0.15) is 0 Å². The lowest BCUT2D eigenvalue weighted by Crippen LogP contribution is -2.14. The number of hydrogen-bond acceptors (Lipinski definition) is 0. The van der Waals surface area contributed by atoms with Crippen LogP contribution in [0.1, 0.15) is 47.9 Å². The van der Waals surface area contributed by atoms with E-state index in [1.807, 2.05) is 13.8 Å². The fourth-order valence-electron chi connectivity index (χ4n) is 2.38. The van der Waals surface area contributed by atoms with E-state index >= 15 is 0 Å². The molecule has 0 heterocycles. The van der Waals surface area contributed by atoms with Gasteiger partial charge in [-0.3, -0.25) is 0 Å². The second-order valence-electron chi connectivity index (χ2n) is 4.56. The van der Waals surface area contributed by atoms with Crippen molar-refractivity contribution in [1.82, 2.24) is 0 Å². The van der Waals surface area contributed by atoms with Crippen molar-refractivity contribution in [3.05, 3.63) is 42.4 Å². The summed E-state index contributed by atoms with van der Waals surface area (Å²) >= 11 is 0. The SMILES string of the molecule is CC.CC1CCC(C2=CC=CC=C[CH]2)CC1.O.[H]. The molecule has 1 saturated carbocycles. The van der Waals surface area contributed by atoms with Gasteiger partial charge < -0.3 is 5.48 Å². The van der Waals surface area contributed by atoms with Crippen LogP contribution in [0.2, 0.25) is 0 Å². The molecule has 0 spiro atoms. The Morgan fingerprint density at radius 3 is 2.18 bits per heavy atom. The first-order valence-electron chi connectivity index (χ1n) is 6.74. The molecule has 0 aliphatic heterocycles. The van der Waals surface area contributed by atoms with Crippen molar-refractivity contribution in [2.45, 2.75) is 46.5 Å². The first-order valence-corrected chi connectivity index (χ1v) is 6.74. The van der Waals surface area contributed by atoms with E-state index in [0.717, 1.165) is 11.8 Å². The molecule has 17 heavy (non-hydrogen) atoms. The highest BCUT2D eigenvalue weighted by molar-refractivity contribution is 5.33. The van der Waals surface area contributed by atoms with Crippen molar-refractivity contribution in [3.63, 3.8) is 0 Å². The molecule has 0 amide bonds. The van der Waals surface area contributed by atoms with E-state index in [0.29, 0.717) is 0 Å². The van der Waals surface area contributed by atoms with Gasteiger partial charge in [0.25, 0.3) is 0 Å². The van der Waals surface area contributed by atoms with Gasteiger partial charge in [0.2, 0.25) is 0 Å². The largest absolute Gasteiger partial charge is 0.412 e. The van der Waals surface area contributed by atoms with Crippen molar-refractivity contribution in [2.75, 3.05) is 0 Å². The lowest BCUT2D eigenvalue weighted by molar-refractivity contribution is 0.322. The van der Waals surface area contributed by atoms with Crippen LogP contribution < -0.4 is 0 Å². The summed E-state index contributed by atoms with van der Waals surface area (Å²) in [4.78, 5) is 0. The summed E-state index contributed by atoms with van der Waals surface area (Å²) in [5, 5.41) is 0. The van der Waals surface area contributed by atoms with Gasteiger partial charge in [-0.1, -0.05) is 69.6 Å². The lowest BCUT2D eigenvalue weighted by atomic mass is 9.78. The average Bonchev–Trinajstić information content (AvgIpc) is 2.61. The van der Waals surface area contributed by atoms with E-state index in [9.17, 15) is 0 Å². The summed E-state index contributed by atoms with van der Waals surface area (Å²) in [6.45, 7) is 6.38. The highest BCUT2D eigenvalue weighted by Crippen LogP contribution is 2.34. The minimum atomic E-state index is 0. The summed E-state index contributed by atoms with van der Waals surface area (Å²) in [5.74, 6) is 1.77. The Hall–Kier alpha value is -0.820. The van der Waals surface area contributed by atoms with E-state index in [2.05, 4.69) is 43.7 Å². The molecule has 0 aromatic heterocycles. The van der Waals surface area contributed by atoms with Gasteiger partial charge in [-0.25, -0.2) is 0 Å². The van der Waals surface area contributed by atoms with Crippen molar-refractivity contribution in [3.8, 4) is 0 Å². The quantitative estimate of drug-likeness (QED) is 0.647. The van der Waals surface area contributed by atoms with Gasteiger partial charge in [0, 0.05) is 7.85 Å². The van der Waals surface area contributed by atoms with Gasteiger partial charge in [0.05, 0.1) is 0 Å². The molecule has 2 N–H and O–H groups in total. The minimum absolute atomic E-state index is 0. The molecule has 1 nitrogen and oxygen atoms in total. The third-order valence-corrected chi connectivity index (χ3v) is 3.40. The predicted molar refractivity (Wildman–Crippen MR) is 77.9 cm³/mol. The van der Waals surface area contributed by atoms with Gasteiger partial charge in [0.15, 0.2) is 0 Å². The molecular formula is C16H28O. The Labute approximate surface area is 108 Å². The van der Waals surface area contributed by atoms with Crippen LogP contribution in [0.5, 0.6) is 0 Å². The Bertz CT molecular complexity index is 271. The first-order chi connectivity index (χ1) is 7.86. The maximum atomic E-state index is 2.38. The van der Waals surface area contributed by atoms with Crippen molar-refractivity contribution in [2.24, 2.45) is 11.8 Å². The van der Waals surface area contributed by atoms with Crippen LogP contribution in [0.4, 0.5) is 0 Å². The maximum absolute atomic E-state index is 2.38. The molecule has 0 unspecified atom stereocenters. The van der Waals surface area contributed by atoms with E-state index in [1.165, 1.54) is 31.3 Å². The molecule has 0 saturated heterocycles. The minimum Gasteiger partial charge on any atom is -0.412 e. The van der Waals surface area contributed by atoms with Gasteiger partial charge in [-0.05, 0) is 24.7 Å². The Balaban J connectivity index is 0. The van der Waals surface area contributed by atoms with Gasteiger partial charge in [0.1, 0.15) is 0 Å². The Kier molecular flexibility index (Phi) is 8.79. The molecule has 2 radical (unpaired) electrons. The van der Waals surface area contributed by atoms with E-state index < -0.39 is 0 Å². The Morgan fingerprint density at radius 1 is 0.941 bits per heavy atom. The summed E-state index contributed by atoms with van der Waals surface area (Å²) < 4.78 is 0. The first kappa shape index (κ1) is 16.2. The predicted octanol–water partition coefficient (Wildman–Crippen LogP) is 4.38. The average molecular weight is 236 g/mol. The third-order valence-electron chi connectivity index (χ3n) is 3.40. The topological polar surface area (TPSA) is 31.5 Å². The molecule has 0 atom stereocenters. The van der Waals surface area contributed by atoms with Crippen LogP contribution >= 0.6 is 0 Å². The molecule has 2 aliphatic rings. The normalized spacial score (nSPS) is 27.1. The highest BCUT2D eigenvalue weighted by atomic mass is 16.0. The van der Waals surface area contributed by atoms with E-state index in [-0.39, 0.29) is 6.90 Å². The fourth-order valence-corrected chi connectivity index (χ4v) is 2.38. The molecule has 1 fully saturated rings. The molecule has 98 valence electrons. The molecular weight excluding hydrogens is 208 g/mol. The zero-order chi connectivity index (χ0) is 11.8. The maximum Gasteiger partial charge on any atom is 0.00863 e. The van der Waals surface area contributed by atoms with Crippen LogP contribution in [0, 0.1) is 18.3 Å². The summed E-state index contributed by atoms with van der Waals surface area (Å²) in [7, 11) is 0. The zero-order valence-electron chi connectivity index (χ0n) is 12.4. The molecule has 0 aromatic rings. The molecule has 2 aliphatic carbocycles. The van der Waals surface area contributed by atoms with Crippen molar-refractivity contribution < 1.29 is 6.90 Å². The number of rotatable bonds is 1. The van der Waals surface area contributed by atoms with Crippen LogP contribution in [0.3, 0.4) is 0 Å². The monoisotopic (exact) mass is 236 g/mol. The van der Waals surface area contributed by atoms with E-state index in [1.54, 1.807) is 0 Å². The smallest absolute Gasteiger partial charge is 0.00863 e. The summed E-state index contributed by atoms with van der Waals surface area (Å²) in [6.07, 6.45) is 18.7. The summed E-state index contributed by atoms with van der Waals surface area (Å²) in [6, 6.07) is 0. The van der Waals surface area contributed by atoms with E-state index in [4.69, 9.17) is 0 Å².